The lowest BCUT2D eigenvalue weighted by Gasteiger charge is -2.23. The molecule has 0 heterocycles. The van der Waals surface area contributed by atoms with Crippen LogP contribution in [0.4, 0.5) is 0 Å². The number of fused-ring (bicyclic) bond motifs is 9. The minimum atomic E-state index is -0.298. The zero-order chi connectivity index (χ0) is 32.2. The van der Waals surface area contributed by atoms with Crippen LogP contribution in [0.2, 0.25) is 0 Å². The van der Waals surface area contributed by atoms with Gasteiger partial charge in [-0.05, 0) is 106 Å². The van der Waals surface area contributed by atoms with Crippen LogP contribution in [-0.2, 0) is 5.41 Å². The lowest BCUT2D eigenvalue weighted by molar-refractivity contribution is 0.666. The summed E-state index contributed by atoms with van der Waals surface area (Å²) in [7, 11) is 0. The molecule has 0 aliphatic heterocycles. The predicted octanol–water partition coefficient (Wildman–Crippen LogP) is 11.9. The fraction of sp³-hybridized carbons (Fsp3) is 0.0698. The highest BCUT2D eigenvalue weighted by molar-refractivity contribution is 6.17. The first-order valence-corrected chi connectivity index (χ1v) is 14.9. The van der Waals surface area contributed by atoms with E-state index in [1.165, 1.54) is 21.9 Å². The van der Waals surface area contributed by atoms with Crippen molar-refractivity contribution in [1.82, 2.24) is 0 Å². The normalized spacial score (nSPS) is 14.8. The van der Waals surface area contributed by atoms with E-state index in [2.05, 4.69) is 98.8 Å². The van der Waals surface area contributed by atoms with Crippen molar-refractivity contribution in [2.45, 2.75) is 19.3 Å². The van der Waals surface area contributed by atoms with Gasteiger partial charge in [0.25, 0.3) is 0 Å². The molecule has 43 heavy (non-hydrogen) atoms. The van der Waals surface area contributed by atoms with Gasteiger partial charge in [0.1, 0.15) is 0 Å². The molecule has 1 aliphatic rings. The third-order valence-electron chi connectivity index (χ3n) is 9.45. The molecule has 0 amide bonds. The molecule has 0 N–H and O–H groups in total. The van der Waals surface area contributed by atoms with Gasteiger partial charge < -0.3 is 0 Å². The third-order valence-corrected chi connectivity index (χ3v) is 9.45. The topological polar surface area (TPSA) is 0 Å². The molecule has 0 fully saturated rings. The highest BCUT2D eigenvalue weighted by atomic mass is 14.4. The molecule has 202 valence electrons. The van der Waals surface area contributed by atoms with Crippen molar-refractivity contribution in [3.63, 3.8) is 0 Å². The molecule has 0 heteroatoms. The second-order valence-corrected chi connectivity index (χ2v) is 12.2. The van der Waals surface area contributed by atoms with Crippen molar-refractivity contribution in [3.8, 4) is 33.4 Å². The van der Waals surface area contributed by atoms with E-state index in [4.69, 9.17) is 0 Å². The van der Waals surface area contributed by atoms with E-state index in [1.807, 2.05) is 36.4 Å². The Morgan fingerprint density at radius 2 is 1.09 bits per heavy atom. The summed E-state index contributed by atoms with van der Waals surface area (Å²) in [4.78, 5) is 0. The summed E-state index contributed by atoms with van der Waals surface area (Å²) < 4.78 is 37.2. The SMILES string of the molecule is [2H]c1c([2H])c(-c2cccc3ccc4cc5ccccc5cc4c23)c([2H])c([2H])c1-c1ccc2c(c1)C(C)(C)c1c-2ccc2ccccc12. The van der Waals surface area contributed by atoms with Crippen molar-refractivity contribution in [1.29, 1.82) is 0 Å². The van der Waals surface area contributed by atoms with E-state index in [0.717, 1.165) is 43.4 Å². The molecule has 8 aromatic carbocycles. The second kappa shape index (κ2) is 8.90. The van der Waals surface area contributed by atoms with Crippen LogP contribution in [0.5, 0.6) is 0 Å². The highest BCUT2D eigenvalue weighted by Gasteiger charge is 2.37. The number of hydrogen-bond acceptors (Lipinski definition) is 0. The summed E-state index contributed by atoms with van der Waals surface area (Å²) in [5.74, 6) is 0. The molecule has 0 nitrogen and oxygen atoms in total. The number of hydrogen-bond donors (Lipinski definition) is 0. The van der Waals surface area contributed by atoms with Gasteiger partial charge in [-0.1, -0.05) is 141 Å². The molecule has 9 rings (SSSR count). The Balaban J connectivity index is 1.25. The van der Waals surface area contributed by atoms with Gasteiger partial charge in [-0.2, -0.15) is 0 Å². The Bertz CT molecular complexity index is 2620. The molecular formula is C43H30. The van der Waals surface area contributed by atoms with Crippen LogP contribution < -0.4 is 0 Å². The molecule has 0 aromatic heterocycles. The van der Waals surface area contributed by atoms with E-state index >= 15 is 0 Å². The molecule has 0 saturated carbocycles. The van der Waals surface area contributed by atoms with Gasteiger partial charge in [0.15, 0.2) is 0 Å². The molecule has 8 aromatic rings. The van der Waals surface area contributed by atoms with E-state index in [0.29, 0.717) is 22.3 Å². The summed E-state index contributed by atoms with van der Waals surface area (Å²) in [6, 6.07) is 41.6. The quantitative estimate of drug-likeness (QED) is 0.148. The van der Waals surface area contributed by atoms with Gasteiger partial charge in [0, 0.05) is 5.41 Å². The van der Waals surface area contributed by atoms with Crippen LogP contribution in [0.3, 0.4) is 0 Å². The van der Waals surface area contributed by atoms with Gasteiger partial charge in [0.2, 0.25) is 0 Å². The Morgan fingerprint density at radius 3 is 1.93 bits per heavy atom. The lowest BCUT2D eigenvalue weighted by atomic mass is 9.79. The van der Waals surface area contributed by atoms with Crippen molar-refractivity contribution in [2.24, 2.45) is 0 Å². The fourth-order valence-electron chi connectivity index (χ4n) is 7.36. The summed E-state index contributed by atoms with van der Waals surface area (Å²) in [6.45, 7) is 4.47. The first-order valence-electron chi connectivity index (χ1n) is 16.9. The van der Waals surface area contributed by atoms with Gasteiger partial charge in [-0.15, -0.1) is 0 Å². The van der Waals surface area contributed by atoms with Crippen LogP contribution >= 0.6 is 0 Å². The van der Waals surface area contributed by atoms with Crippen molar-refractivity contribution >= 4 is 43.1 Å². The van der Waals surface area contributed by atoms with E-state index in [9.17, 15) is 5.48 Å². The lowest BCUT2D eigenvalue weighted by Crippen LogP contribution is -2.15. The van der Waals surface area contributed by atoms with E-state index < -0.39 is 0 Å². The van der Waals surface area contributed by atoms with E-state index in [-0.39, 0.29) is 29.6 Å². The maximum Gasteiger partial charge on any atom is 0.0629 e. The predicted molar refractivity (Wildman–Crippen MR) is 185 cm³/mol. The van der Waals surface area contributed by atoms with Gasteiger partial charge in [0.05, 0.1) is 5.48 Å². The molecule has 0 spiro atoms. The third kappa shape index (κ3) is 3.57. The van der Waals surface area contributed by atoms with Crippen LogP contribution in [0.1, 0.15) is 30.5 Å². The maximum atomic E-state index is 9.31. The Morgan fingerprint density at radius 1 is 0.442 bits per heavy atom. The van der Waals surface area contributed by atoms with Crippen LogP contribution in [0, 0.1) is 0 Å². The average molecular weight is 551 g/mol. The molecule has 0 bridgehead atoms. The zero-order valence-corrected chi connectivity index (χ0v) is 24.0. The molecule has 0 saturated heterocycles. The van der Waals surface area contributed by atoms with Crippen LogP contribution in [-0.4, -0.2) is 0 Å². The van der Waals surface area contributed by atoms with Gasteiger partial charge in [-0.25, -0.2) is 0 Å². The standard InChI is InChI=1S/C43H30/c1-43(2)40-26-33(21-22-37(40)38-23-20-28-8-5-6-12-36(28)42(38)43)27-14-16-29(17-15-27)35-13-7-11-30-18-19-34-24-31-9-3-4-10-32(31)25-39(34)41(30)35/h3-26H,1-2H3/i14D,15D,16D,17D. The van der Waals surface area contributed by atoms with Crippen molar-refractivity contribution in [2.75, 3.05) is 0 Å². The van der Waals surface area contributed by atoms with E-state index in [1.54, 1.807) is 0 Å². The summed E-state index contributed by atoms with van der Waals surface area (Å²) >= 11 is 0. The number of rotatable bonds is 2. The maximum absolute atomic E-state index is 9.31. The summed E-state index contributed by atoms with van der Waals surface area (Å²) in [5.41, 5.74) is 6.56. The zero-order valence-electron chi connectivity index (χ0n) is 28.0. The van der Waals surface area contributed by atoms with Crippen LogP contribution in [0.25, 0.3) is 76.5 Å². The first kappa shape index (κ1) is 20.6. The van der Waals surface area contributed by atoms with Crippen LogP contribution in [0.15, 0.2) is 145 Å². The average Bonchev–Trinajstić information content (AvgIpc) is 3.32. The Kier molecular flexibility index (Phi) is 4.27. The number of benzene rings is 8. The second-order valence-electron chi connectivity index (χ2n) is 12.2. The van der Waals surface area contributed by atoms with Crippen molar-refractivity contribution < 1.29 is 5.48 Å². The first-order chi connectivity index (χ1) is 22.7. The Hall–Kier alpha value is -5.20. The molecular weight excluding hydrogens is 516 g/mol. The molecule has 0 atom stereocenters. The van der Waals surface area contributed by atoms with Gasteiger partial charge in [-0.3, -0.25) is 0 Å². The fourth-order valence-corrected chi connectivity index (χ4v) is 7.36. The van der Waals surface area contributed by atoms with Gasteiger partial charge >= 0.3 is 0 Å². The molecule has 0 unspecified atom stereocenters. The Labute approximate surface area is 257 Å². The molecule has 1 aliphatic carbocycles. The summed E-state index contributed by atoms with van der Waals surface area (Å²) in [6.07, 6.45) is 0. The minimum absolute atomic E-state index is 0.0255. The largest absolute Gasteiger partial charge is 0.0629 e. The highest BCUT2D eigenvalue weighted by Crippen LogP contribution is 2.52. The monoisotopic (exact) mass is 550 g/mol. The van der Waals surface area contributed by atoms with Crippen molar-refractivity contribution in [3.05, 3.63) is 157 Å². The summed E-state index contributed by atoms with van der Waals surface area (Å²) in [5, 5.41) is 8.75. The minimum Gasteiger partial charge on any atom is -0.0616 e. The smallest absolute Gasteiger partial charge is 0.0616 e. The molecule has 0 radical (unpaired) electrons.